The molecule has 0 spiro atoms. The fourth-order valence-electron chi connectivity index (χ4n) is 3.15. The van der Waals surface area contributed by atoms with Crippen molar-refractivity contribution in [3.8, 4) is 0 Å². The van der Waals surface area contributed by atoms with E-state index in [1.54, 1.807) is 0 Å². The van der Waals surface area contributed by atoms with Crippen molar-refractivity contribution < 1.29 is 0 Å². The van der Waals surface area contributed by atoms with Crippen LogP contribution in [0.1, 0.15) is 105 Å². The molecule has 0 fully saturated rings. The Labute approximate surface area is 159 Å². The second-order valence-electron chi connectivity index (χ2n) is 7.23. The van der Waals surface area contributed by atoms with E-state index in [0.29, 0.717) is 6.04 Å². The number of hydrogen-bond donors (Lipinski definition) is 1. The van der Waals surface area contributed by atoms with Crippen molar-refractivity contribution in [1.82, 2.24) is 5.32 Å². The number of hydrogen-bond acceptors (Lipinski definition) is 1. The van der Waals surface area contributed by atoms with E-state index in [2.05, 4.69) is 63.4 Å². The Morgan fingerprint density at radius 2 is 1.32 bits per heavy atom. The largest absolute Gasteiger partial charge is 0.310 e. The molecule has 0 amide bonds. The fourth-order valence-corrected chi connectivity index (χ4v) is 3.15. The van der Waals surface area contributed by atoms with Crippen LogP contribution in [0.15, 0.2) is 36.0 Å². The zero-order chi connectivity index (χ0) is 18.6. The Hall–Kier alpha value is -0.820. The topological polar surface area (TPSA) is 12.0 Å². The zero-order valence-corrected chi connectivity index (χ0v) is 17.7. The predicted molar refractivity (Wildman–Crippen MR) is 116 cm³/mol. The first-order chi connectivity index (χ1) is 12.3. The maximum Gasteiger partial charge on any atom is 0.0204 e. The van der Waals surface area contributed by atoms with Gasteiger partial charge in [-0.2, -0.15) is 0 Å². The predicted octanol–water partition coefficient (Wildman–Crippen LogP) is 7.74. The molecule has 0 rings (SSSR count). The Balaban J connectivity index is 4.24. The van der Waals surface area contributed by atoms with E-state index in [0.717, 1.165) is 6.54 Å². The third-order valence-corrected chi connectivity index (χ3v) is 4.89. The quantitative estimate of drug-likeness (QED) is 0.209. The molecule has 0 aliphatic carbocycles. The molecule has 0 saturated carbocycles. The lowest BCUT2D eigenvalue weighted by Gasteiger charge is -2.19. The van der Waals surface area contributed by atoms with Gasteiger partial charge in [0.05, 0.1) is 0 Å². The van der Waals surface area contributed by atoms with Gasteiger partial charge in [0.15, 0.2) is 0 Å². The summed E-state index contributed by atoms with van der Waals surface area (Å²) in [6, 6.07) is 0.688. The van der Waals surface area contributed by atoms with Crippen molar-refractivity contribution in [2.75, 3.05) is 6.54 Å². The highest BCUT2D eigenvalue weighted by Gasteiger charge is 2.08. The first kappa shape index (κ1) is 24.2. The Bertz CT molecular complexity index is 337. The van der Waals surface area contributed by atoms with Gasteiger partial charge in [-0.1, -0.05) is 108 Å². The maximum atomic E-state index is 3.84. The van der Waals surface area contributed by atoms with Gasteiger partial charge in [-0.05, 0) is 32.3 Å². The SMILES string of the molecule is C\C=C/C=C\C(=C/C)CNC(CCCCCCC)CCCCCCC. The summed E-state index contributed by atoms with van der Waals surface area (Å²) in [4.78, 5) is 0. The lowest BCUT2D eigenvalue weighted by atomic mass is 10.00. The minimum atomic E-state index is 0.688. The molecule has 0 heterocycles. The van der Waals surface area contributed by atoms with E-state index in [9.17, 15) is 0 Å². The number of allylic oxidation sites excluding steroid dienone is 4. The number of unbranched alkanes of at least 4 members (excludes halogenated alkanes) is 8. The van der Waals surface area contributed by atoms with E-state index in [1.165, 1.54) is 82.6 Å². The summed E-state index contributed by atoms with van der Waals surface area (Å²) in [5.74, 6) is 0. The minimum absolute atomic E-state index is 0.688. The van der Waals surface area contributed by atoms with Crippen LogP contribution in [0.2, 0.25) is 0 Å². The zero-order valence-electron chi connectivity index (χ0n) is 17.7. The molecular formula is C24H45N. The molecule has 1 nitrogen and oxygen atoms in total. The number of nitrogens with one attached hydrogen (secondary N) is 1. The van der Waals surface area contributed by atoms with E-state index in [4.69, 9.17) is 0 Å². The molecule has 0 saturated heterocycles. The monoisotopic (exact) mass is 347 g/mol. The summed E-state index contributed by atoms with van der Waals surface area (Å²) in [7, 11) is 0. The summed E-state index contributed by atoms with van der Waals surface area (Å²) in [6.45, 7) is 9.78. The van der Waals surface area contributed by atoms with Gasteiger partial charge < -0.3 is 5.32 Å². The van der Waals surface area contributed by atoms with Gasteiger partial charge in [-0.3, -0.25) is 0 Å². The van der Waals surface area contributed by atoms with Gasteiger partial charge >= 0.3 is 0 Å². The average molecular weight is 348 g/mol. The maximum absolute atomic E-state index is 3.84. The molecule has 0 aromatic heterocycles. The van der Waals surface area contributed by atoms with Crippen molar-refractivity contribution in [2.24, 2.45) is 0 Å². The molecule has 0 radical (unpaired) electrons. The molecule has 0 unspecified atom stereocenters. The van der Waals surface area contributed by atoms with Crippen LogP contribution in [0.3, 0.4) is 0 Å². The number of rotatable bonds is 17. The van der Waals surface area contributed by atoms with Crippen LogP contribution < -0.4 is 5.32 Å². The summed E-state index contributed by atoms with van der Waals surface area (Å²) in [6.07, 6.45) is 27.3. The molecule has 1 heteroatoms. The third kappa shape index (κ3) is 16.4. The van der Waals surface area contributed by atoms with E-state index in [1.807, 2.05) is 0 Å². The molecule has 1 N–H and O–H groups in total. The van der Waals surface area contributed by atoms with Crippen molar-refractivity contribution in [3.63, 3.8) is 0 Å². The van der Waals surface area contributed by atoms with Gasteiger partial charge in [-0.15, -0.1) is 0 Å². The normalized spacial score (nSPS) is 12.9. The van der Waals surface area contributed by atoms with Gasteiger partial charge in [0.2, 0.25) is 0 Å². The first-order valence-electron chi connectivity index (χ1n) is 11.0. The smallest absolute Gasteiger partial charge is 0.0204 e. The van der Waals surface area contributed by atoms with Crippen LogP contribution in [0.25, 0.3) is 0 Å². The molecule has 0 aromatic carbocycles. The molecule has 146 valence electrons. The Kier molecular flexibility index (Phi) is 18.9. The second-order valence-corrected chi connectivity index (χ2v) is 7.23. The molecule has 0 atom stereocenters. The Morgan fingerprint density at radius 3 is 1.80 bits per heavy atom. The van der Waals surface area contributed by atoms with Crippen molar-refractivity contribution >= 4 is 0 Å². The fraction of sp³-hybridized carbons (Fsp3) is 0.750. The highest BCUT2D eigenvalue weighted by Crippen LogP contribution is 2.14. The van der Waals surface area contributed by atoms with Crippen molar-refractivity contribution in [2.45, 2.75) is 111 Å². The molecular weight excluding hydrogens is 302 g/mol. The molecule has 0 aliphatic heterocycles. The van der Waals surface area contributed by atoms with Gasteiger partial charge in [-0.25, -0.2) is 0 Å². The van der Waals surface area contributed by atoms with E-state index in [-0.39, 0.29) is 0 Å². The first-order valence-corrected chi connectivity index (χ1v) is 11.0. The molecule has 25 heavy (non-hydrogen) atoms. The standard InChI is InChI=1S/C24H45N/c1-5-9-12-14-17-20-24(21-18-15-13-10-6-2)25-22-23(8-4)19-16-11-7-3/h7-8,11,16,19,24-25H,5-6,9-10,12-15,17-18,20-22H2,1-4H3/b11-7-,19-16-,23-8+. The highest BCUT2D eigenvalue weighted by atomic mass is 14.9. The van der Waals surface area contributed by atoms with Gasteiger partial charge in [0.1, 0.15) is 0 Å². The van der Waals surface area contributed by atoms with Crippen molar-refractivity contribution in [1.29, 1.82) is 0 Å². The minimum Gasteiger partial charge on any atom is -0.310 e. The average Bonchev–Trinajstić information content (AvgIpc) is 2.63. The molecule has 0 aromatic rings. The summed E-state index contributed by atoms with van der Waals surface area (Å²) >= 11 is 0. The summed E-state index contributed by atoms with van der Waals surface area (Å²) < 4.78 is 0. The Morgan fingerprint density at radius 1 is 0.760 bits per heavy atom. The van der Waals surface area contributed by atoms with Crippen LogP contribution in [0.5, 0.6) is 0 Å². The second kappa shape index (κ2) is 19.5. The van der Waals surface area contributed by atoms with Crippen LogP contribution in [-0.4, -0.2) is 12.6 Å². The van der Waals surface area contributed by atoms with Gasteiger partial charge in [0.25, 0.3) is 0 Å². The summed E-state index contributed by atoms with van der Waals surface area (Å²) in [5, 5.41) is 3.84. The van der Waals surface area contributed by atoms with Crippen LogP contribution in [-0.2, 0) is 0 Å². The highest BCUT2D eigenvalue weighted by molar-refractivity contribution is 5.22. The molecule has 0 aliphatic rings. The lowest BCUT2D eigenvalue weighted by molar-refractivity contribution is 0.425. The molecule has 0 bridgehead atoms. The lowest BCUT2D eigenvalue weighted by Crippen LogP contribution is -2.30. The van der Waals surface area contributed by atoms with Crippen molar-refractivity contribution in [3.05, 3.63) is 36.0 Å². The van der Waals surface area contributed by atoms with E-state index >= 15 is 0 Å². The van der Waals surface area contributed by atoms with Crippen LogP contribution in [0, 0.1) is 0 Å². The van der Waals surface area contributed by atoms with Gasteiger partial charge in [0, 0.05) is 12.6 Å². The third-order valence-electron chi connectivity index (χ3n) is 4.89. The van der Waals surface area contributed by atoms with Crippen LogP contribution in [0.4, 0.5) is 0 Å². The summed E-state index contributed by atoms with van der Waals surface area (Å²) in [5.41, 5.74) is 1.39. The van der Waals surface area contributed by atoms with E-state index < -0.39 is 0 Å². The van der Waals surface area contributed by atoms with Crippen LogP contribution >= 0.6 is 0 Å².